The number of para-hydroxylation sites is 1. The van der Waals surface area contributed by atoms with Gasteiger partial charge in [0, 0.05) is 12.2 Å². The maximum Gasteiger partial charge on any atom is 0.319 e. The Labute approximate surface area is 192 Å². The molecule has 0 saturated carbocycles. The van der Waals surface area contributed by atoms with Crippen molar-refractivity contribution < 1.29 is 28.0 Å². The second kappa shape index (κ2) is 13.1. The van der Waals surface area contributed by atoms with Crippen LogP contribution in [0.5, 0.6) is 5.75 Å². The van der Waals surface area contributed by atoms with Gasteiger partial charge in [-0.1, -0.05) is 24.1 Å². The molecule has 2 rings (SSSR count). The lowest BCUT2D eigenvalue weighted by Crippen LogP contribution is -2.46. The first-order valence-electron chi connectivity index (χ1n) is 10.0. The van der Waals surface area contributed by atoms with Gasteiger partial charge in [0.25, 0.3) is 5.91 Å². The SMILES string of the molecule is CC#CCOc1ccc(S(=O)(=O)N[C@H](CCCNC(=O)Nc2ccccc2)C(=O)NO)cc1. The maximum atomic E-state index is 12.7. The minimum Gasteiger partial charge on any atom is -0.481 e. The van der Waals surface area contributed by atoms with E-state index < -0.39 is 28.0 Å². The fourth-order valence-electron chi connectivity index (χ4n) is 2.69. The van der Waals surface area contributed by atoms with E-state index in [0.29, 0.717) is 11.4 Å². The van der Waals surface area contributed by atoms with Crippen LogP contribution in [-0.4, -0.2) is 44.8 Å². The van der Waals surface area contributed by atoms with Crippen LogP contribution >= 0.6 is 0 Å². The highest BCUT2D eigenvalue weighted by Crippen LogP contribution is 2.16. The van der Waals surface area contributed by atoms with E-state index in [1.54, 1.807) is 31.2 Å². The lowest BCUT2D eigenvalue weighted by atomic mass is 10.1. The van der Waals surface area contributed by atoms with Crippen LogP contribution in [0, 0.1) is 11.8 Å². The number of anilines is 1. The Morgan fingerprint density at radius 3 is 2.42 bits per heavy atom. The predicted octanol–water partition coefficient (Wildman–Crippen LogP) is 1.84. The molecule has 0 aromatic heterocycles. The van der Waals surface area contributed by atoms with Gasteiger partial charge in [-0.05, 0) is 56.2 Å². The smallest absolute Gasteiger partial charge is 0.319 e. The van der Waals surface area contributed by atoms with Crippen LogP contribution in [0.4, 0.5) is 10.5 Å². The Morgan fingerprint density at radius 1 is 1.09 bits per heavy atom. The van der Waals surface area contributed by atoms with Gasteiger partial charge in [0.1, 0.15) is 18.4 Å². The fourth-order valence-corrected chi connectivity index (χ4v) is 3.92. The number of hydrogen-bond acceptors (Lipinski definition) is 6. The topological polar surface area (TPSA) is 146 Å². The highest BCUT2D eigenvalue weighted by Gasteiger charge is 2.25. The summed E-state index contributed by atoms with van der Waals surface area (Å²) in [6.07, 6.45) is 0.308. The first kappa shape index (κ1) is 25.7. The number of carbonyl (C=O) groups is 2. The monoisotopic (exact) mass is 474 g/mol. The zero-order valence-electron chi connectivity index (χ0n) is 18.0. The van der Waals surface area contributed by atoms with Crippen molar-refractivity contribution in [2.24, 2.45) is 0 Å². The zero-order chi connectivity index (χ0) is 24.1. The normalized spacial score (nSPS) is 11.5. The minimum atomic E-state index is -4.06. The number of benzene rings is 2. The highest BCUT2D eigenvalue weighted by atomic mass is 32.2. The summed E-state index contributed by atoms with van der Waals surface area (Å²) in [4.78, 5) is 23.8. The second-order valence-electron chi connectivity index (χ2n) is 6.73. The van der Waals surface area contributed by atoms with Gasteiger partial charge in [-0.25, -0.2) is 18.7 Å². The Balaban J connectivity index is 1.89. The summed E-state index contributed by atoms with van der Waals surface area (Å²) in [6, 6.07) is 12.8. The van der Waals surface area contributed by atoms with Gasteiger partial charge in [-0.2, -0.15) is 4.72 Å². The summed E-state index contributed by atoms with van der Waals surface area (Å²) in [5, 5.41) is 14.2. The lowest BCUT2D eigenvalue weighted by molar-refractivity contribution is -0.131. The van der Waals surface area contributed by atoms with Crippen LogP contribution in [0.1, 0.15) is 19.8 Å². The number of rotatable bonds is 11. The molecule has 5 N–H and O–H groups in total. The molecule has 2 aromatic carbocycles. The van der Waals surface area contributed by atoms with Gasteiger partial charge in [0.15, 0.2) is 0 Å². The Hall–Kier alpha value is -3.59. The first-order chi connectivity index (χ1) is 15.9. The molecule has 11 heteroatoms. The van der Waals surface area contributed by atoms with Crippen LogP contribution in [0.15, 0.2) is 59.5 Å². The molecule has 33 heavy (non-hydrogen) atoms. The van der Waals surface area contributed by atoms with E-state index in [2.05, 4.69) is 27.2 Å². The molecule has 1 atom stereocenters. The molecule has 0 saturated heterocycles. The molecule has 0 aliphatic rings. The summed E-state index contributed by atoms with van der Waals surface area (Å²) in [7, 11) is -4.06. The van der Waals surface area contributed by atoms with Crippen LogP contribution in [0.25, 0.3) is 0 Å². The van der Waals surface area contributed by atoms with Gasteiger partial charge in [0.2, 0.25) is 10.0 Å². The molecular formula is C22H26N4O6S. The third-order valence-corrected chi connectivity index (χ3v) is 5.82. The van der Waals surface area contributed by atoms with E-state index >= 15 is 0 Å². The molecule has 0 spiro atoms. The quantitative estimate of drug-likeness (QED) is 0.145. The Bertz CT molecular complexity index is 1080. The van der Waals surface area contributed by atoms with Crippen molar-refractivity contribution in [3.63, 3.8) is 0 Å². The molecule has 0 bridgehead atoms. The fraction of sp³-hybridized carbons (Fsp3) is 0.273. The van der Waals surface area contributed by atoms with Crippen molar-refractivity contribution in [1.82, 2.24) is 15.5 Å². The lowest BCUT2D eigenvalue weighted by Gasteiger charge is -2.17. The van der Waals surface area contributed by atoms with E-state index in [0.717, 1.165) is 0 Å². The second-order valence-corrected chi connectivity index (χ2v) is 8.44. The van der Waals surface area contributed by atoms with Crippen LogP contribution in [-0.2, 0) is 14.8 Å². The number of sulfonamides is 1. The van der Waals surface area contributed by atoms with Crippen molar-refractivity contribution in [3.05, 3.63) is 54.6 Å². The average Bonchev–Trinajstić information content (AvgIpc) is 2.81. The van der Waals surface area contributed by atoms with E-state index in [9.17, 15) is 18.0 Å². The Kier molecular flexibility index (Phi) is 10.2. The summed E-state index contributed by atoms with van der Waals surface area (Å²) in [5.74, 6) is 4.95. The molecule has 0 aliphatic carbocycles. The molecular weight excluding hydrogens is 448 g/mol. The van der Waals surface area contributed by atoms with Gasteiger partial charge in [-0.3, -0.25) is 10.0 Å². The van der Waals surface area contributed by atoms with Gasteiger partial charge >= 0.3 is 6.03 Å². The summed E-state index contributed by atoms with van der Waals surface area (Å²) < 4.78 is 32.9. The largest absolute Gasteiger partial charge is 0.481 e. The number of hydroxylamine groups is 1. The van der Waals surface area contributed by atoms with E-state index in [4.69, 9.17) is 9.94 Å². The van der Waals surface area contributed by atoms with Crippen LogP contribution < -0.4 is 25.6 Å². The first-order valence-corrected chi connectivity index (χ1v) is 11.5. The summed E-state index contributed by atoms with van der Waals surface area (Å²) in [6.45, 7) is 2.04. The van der Waals surface area contributed by atoms with Gasteiger partial charge < -0.3 is 15.4 Å². The molecule has 3 amide bonds. The summed E-state index contributed by atoms with van der Waals surface area (Å²) >= 11 is 0. The number of nitrogens with one attached hydrogen (secondary N) is 4. The standard InChI is InChI=1S/C22H26N4O6S/c1-2-3-16-32-18-11-13-19(14-12-18)33(30,31)26-20(21(27)25-29)10-7-15-23-22(28)24-17-8-5-4-6-9-17/h4-6,8-9,11-14,20,26,29H,7,10,15-16H2,1H3,(H,25,27)(H2,23,24,28)/t20-/m1/s1. The van der Waals surface area contributed by atoms with Crippen molar-refractivity contribution in [2.45, 2.75) is 30.7 Å². The zero-order valence-corrected chi connectivity index (χ0v) is 18.8. The van der Waals surface area contributed by atoms with Gasteiger partial charge in [0.05, 0.1) is 4.90 Å². The van der Waals surface area contributed by atoms with Crippen molar-refractivity contribution in [2.75, 3.05) is 18.5 Å². The highest BCUT2D eigenvalue weighted by molar-refractivity contribution is 7.89. The van der Waals surface area contributed by atoms with E-state index in [1.807, 2.05) is 6.07 Å². The van der Waals surface area contributed by atoms with Crippen molar-refractivity contribution in [3.8, 4) is 17.6 Å². The third-order valence-electron chi connectivity index (χ3n) is 4.33. The average molecular weight is 475 g/mol. The van der Waals surface area contributed by atoms with Crippen LogP contribution in [0.2, 0.25) is 0 Å². The maximum absolute atomic E-state index is 12.7. The number of urea groups is 1. The number of hydrogen-bond donors (Lipinski definition) is 5. The van der Waals surface area contributed by atoms with E-state index in [1.165, 1.54) is 29.7 Å². The number of carbonyl (C=O) groups excluding carboxylic acids is 2. The molecule has 10 nitrogen and oxygen atoms in total. The molecule has 2 aromatic rings. The Morgan fingerprint density at radius 2 is 1.79 bits per heavy atom. The third kappa shape index (κ3) is 8.82. The number of ether oxygens (including phenoxy) is 1. The minimum absolute atomic E-state index is 0.0358. The molecule has 0 heterocycles. The molecule has 0 radical (unpaired) electrons. The molecule has 0 aliphatic heterocycles. The predicted molar refractivity (Wildman–Crippen MR) is 122 cm³/mol. The molecule has 176 valence electrons. The van der Waals surface area contributed by atoms with Gasteiger partial charge in [-0.15, -0.1) is 5.92 Å². The summed E-state index contributed by atoms with van der Waals surface area (Å²) in [5.41, 5.74) is 2.08. The molecule has 0 unspecified atom stereocenters. The van der Waals surface area contributed by atoms with E-state index in [-0.39, 0.29) is 30.9 Å². The van der Waals surface area contributed by atoms with Crippen molar-refractivity contribution in [1.29, 1.82) is 0 Å². The van der Waals surface area contributed by atoms with Crippen LogP contribution in [0.3, 0.4) is 0 Å². The number of amides is 3. The van der Waals surface area contributed by atoms with Crippen molar-refractivity contribution >= 4 is 27.6 Å². The molecule has 0 fully saturated rings.